The van der Waals surface area contributed by atoms with E-state index in [9.17, 15) is 9.59 Å². The number of ether oxygens (including phenoxy) is 1. The molecule has 0 amide bonds. The Bertz CT molecular complexity index is 446. The molecule has 5 heteroatoms. The highest BCUT2D eigenvalue weighted by molar-refractivity contribution is 8.00. The van der Waals surface area contributed by atoms with E-state index >= 15 is 0 Å². The summed E-state index contributed by atoms with van der Waals surface area (Å²) >= 11 is 1.10. The van der Waals surface area contributed by atoms with Gasteiger partial charge in [0.15, 0.2) is 5.78 Å². The Morgan fingerprint density at radius 2 is 1.74 bits per heavy atom. The average Bonchev–Trinajstić information content (AvgIpc) is 2.27. The zero-order valence-electron chi connectivity index (χ0n) is 11.3. The van der Waals surface area contributed by atoms with Gasteiger partial charge in [0.25, 0.3) is 0 Å². The SMILES string of the molecule is CC(C)(C)Oc1ccc(C(=O)CSCC(=O)O)cc1. The summed E-state index contributed by atoms with van der Waals surface area (Å²) in [5.41, 5.74) is 0.294. The summed E-state index contributed by atoms with van der Waals surface area (Å²) in [6, 6.07) is 6.90. The molecule has 0 atom stereocenters. The van der Waals surface area contributed by atoms with Crippen molar-refractivity contribution in [3.8, 4) is 5.75 Å². The van der Waals surface area contributed by atoms with Gasteiger partial charge in [0.1, 0.15) is 11.4 Å². The van der Waals surface area contributed by atoms with Crippen molar-refractivity contribution in [2.45, 2.75) is 26.4 Å². The molecule has 0 bridgehead atoms. The Kier molecular flexibility index (Phi) is 5.42. The Morgan fingerprint density at radius 1 is 1.16 bits per heavy atom. The fourth-order valence-electron chi connectivity index (χ4n) is 1.38. The molecule has 0 aliphatic heterocycles. The maximum absolute atomic E-state index is 11.8. The van der Waals surface area contributed by atoms with Crippen LogP contribution in [-0.2, 0) is 4.79 Å². The molecule has 19 heavy (non-hydrogen) atoms. The minimum atomic E-state index is -0.910. The number of carbonyl (C=O) groups is 2. The summed E-state index contributed by atoms with van der Waals surface area (Å²) in [5, 5.41) is 8.49. The fourth-order valence-corrected chi connectivity index (χ4v) is 2.01. The van der Waals surface area contributed by atoms with Crippen molar-refractivity contribution in [2.24, 2.45) is 0 Å². The molecular formula is C14H18O4S. The van der Waals surface area contributed by atoms with Crippen molar-refractivity contribution in [1.82, 2.24) is 0 Å². The number of carbonyl (C=O) groups excluding carboxylic acids is 1. The number of Topliss-reactive ketones (excluding diaryl/α,β-unsaturated/α-hetero) is 1. The quantitative estimate of drug-likeness (QED) is 0.813. The van der Waals surface area contributed by atoms with Gasteiger partial charge in [-0.05, 0) is 45.0 Å². The minimum absolute atomic E-state index is 0.0586. The number of thioether (sulfide) groups is 1. The normalized spacial score (nSPS) is 11.1. The zero-order chi connectivity index (χ0) is 14.5. The first-order chi connectivity index (χ1) is 8.78. The molecule has 0 unspecified atom stereocenters. The van der Waals surface area contributed by atoms with Crippen LogP contribution in [0.25, 0.3) is 0 Å². The summed E-state index contributed by atoms with van der Waals surface area (Å²) in [4.78, 5) is 22.1. The summed E-state index contributed by atoms with van der Waals surface area (Å²) < 4.78 is 5.65. The highest BCUT2D eigenvalue weighted by Gasteiger charge is 2.12. The Hall–Kier alpha value is -1.49. The molecule has 0 aromatic heterocycles. The lowest BCUT2D eigenvalue weighted by Crippen LogP contribution is -2.22. The van der Waals surface area contributed by atoms with Gasteiger partial charge in [-0.3, -0.25) is 9.59 Å². The van der Waals surface area contributed by atoms with Crippen LogP contribution in [0.5, 0.6) is 5.75 Å². The number of carboxylic acids is 1. The van der Waals surface area contributed by atoms with Gasteiger partial charge in [-0.15, -0.1) is 11.8 Å². The third-order valence-corrected chi connectivity index (χ3v) is 2.98. The van der Waals surface area contributed by atoms with E-state index in [1.54, 1.807) is 24.3 Å². The lowest BCUT2D eigenvalue weighted by atomic mass is 10.1. The highest BCUT2D eigenvalue weighted by Crippen LogP contribution is 2.19. The van der Waals surface area contributed by atoms with E-state index < -0.39 is 5.97 Å². The number of hydrogen-bond acceptors (Lipinski definition) is 4. The second kappa shape index (κ2) is 6.61. The topological polar surface area (TPSA) is 63.6 Å². The van der Waals surface area contributed by atoms with E-state index in [0.29, 0.717) is 11.3 Å². The van der Waals surface area contributed by atoms with Crippen LogP contribution in [0, 0.1) is 0 Å². The fraction of sp³-hybridized carbons (Fsp3) is 0.429. The highest BCUT2D eigenvalue weighted by atomic mass is 32.2. The molecule has 1 aromatic rings. The minimum Gasteiger partial charge on any atom is -0.488 e. The standard InChI is InChI=1S/C14H18O4S/c1-14(2,3)18-11-6-4-10(5-7-11)12(15)8-19-9-13(16)17/h4-7H,8-9H2,1-3H3,(H,16,17). The first-order valence-corrected chi connectivity index (χ1v) is 7.05. The van der Waals surface area contributed by atoms with Crippen molar-refractivity contribution in [3.63, 3.8) is 0 Å². The molecule has 1 rings (SSSR count). The van der Waals surface area contributed by atoms with Crippen LogP contribution in [-0.4, -0.2) is 34.0 Å². The van der Waals surface area contributed by atoms with E-state index in [2.05, 4.69) is 0 Å². The van der Waals surface area contributed by atoms with Crippen molar-refractivity contribution in [2.75, 3.05) is 11.5 Å². The summed E-state index contributed by atoms with van der Waals surface area (Å²) in [6.45, 7) is 5.86. The third-order valence-electron chi connectivity index (χ3n) is 2.06. The predicted molar refractivity (Wildman–Crippen MR) is 76.1 cm³/mol. The molecule has 0 saturated heterocycles. The molecule has 104 valence electrons. The number of carboxylic acid groups (broad SMARTS) is 1. The van der Waals surface area contributed by atoms with Crippen molar-refractivity contribution in [1.29, 1.82) is 0 Å². The number of aliphatic carboxylic acids is 1. The lowest BCUT2D eigenvalue weighted by Gasteiger charge is -2.21. The molecule has 0 saturated carbocycles. The van der Waals surface area contributed by atoms with Crippen molar-refractivity contribution in [3.05, 3.63) is 29.8 Å². The Morgan fingerprint density at radius 3 is 2.21 bits per heavy atom. The molecular weight excluding hydrogens is 264 g/mol. The smallest absolute Gasteiger partial charge is 0.313 e. The number of ketones is 1. The second-order valence-corrected chi connectivity index (χ2v) is 6.03. The number of rotatable bonds is 6. The maximum atomic E-state index is 11.8. The van der Waals surface area contributed by atoms with Gasteiger partial charge in [-0.1, -0.05) is 0 Å². The first kappa shape index (κ1) is 15.6. The van der Waals surface area contributed by atoms with Crippen LogP contribution in [0.2, 0.25) is 0 Å². The van der Waals surface area contributed by atoms with E-state index in [-0.39, 0.29) is 22.9 Å². The van der Waals surface area contributed by atoms with Gasteiger partial charge >= 0.3 is 5.97 Å². The van der Waals surface area contributed by atoms with Crippen LogP contribution < -0.4 is 4.74 Å². The molecule has 0 aliphatic rings. The number of benzene rings is 1. The molecule has 0 heterocycles. The van der Waals surface area contributed by atoms with Crippen LogP contribution in [0.4, 0.5) is 0 Å². The molecule has 0 spiro atoms. The van der Waals surface area contributed by atoms with E-state index in [1.165, 1.54) is 0 Å². The van der Waals surface area contributed by atoms with Gasteiger partial charge in [0.2, 0.25) is 0 Å². The summed E-state index contributed by atoms with van der Waals surface area (Å²) in [5.74, 6) is -0.162. The molecule has 1 aromatic carbocycles. The molecule has 4 nitrogen and oxygen atoms in total. The van der Waals surface area contributed by atoms with Gasteiger partial charge in [0.05, 0.1) is 11.5 Å². The molecule has 0 aliphatic carbocycles. The van der Waals surface area contributed by atoms with Crippen LogP contribution in [0.1, 0.15) is 31.1 Å². The maximum Gasteiger partial charge on any atom is 0.313 e. The molecule has 0 radical (unpaired) electrons. The van der Waals surface area contributed by atoms with Gasteiger partial charge < -0.3 is 9.84 Å². The van der Waals surface area contributed by atoms with Crippen LogP contribution in [0.3, 0.4) is 0 Å². The molecule has 1 N–H and O–H groups in total. The predicted octanol–water partition coefficient (Wildman–Crippen LogP) is 2.86. The Balaban J connectivity index is 2.56. The Labute approximate surface area is 117 Å². The zero-order valence-corrected chi connectivity index (χ0v) is 12.1. The van der Waals surface area contributed by atoms with Crippen LogP contribution >= 0.6 is 11.8 Å². The van der Waals surface area contributed by atoms with E-state index in [0.717, 1.165) is 11.8 Å². The largest absolute Gasteiger partial charge is 0.488 e. The third kappa shape index (κ3) is 6.29. The van der Waals surface area contributed by atoms with Gasteiger partial charge in [-0.2, -0.15) is 0 Å². The van der Waals surface area contributed by atoms with E-state index in [1.807, 2.05) is 20.8 Å². The van der Waals surface area contributed by atoms with Crippen molar-refractivity contribution < 1.29 is 19.4 Å². The monoisotopic (exact) mass is 282 g/mol. The molecule has 0 fully saturated rings. The average molecular weight is 282 g/mol. The van der Waals surface area contributed by atoms with Gasteiger partial charge in [-0.25, -0.2) is 0 Å². The van der Waals surface area contributed by atoms with Crippen molar-refractivity contribution >= 4 is 23.5 Å². The van der Waals surface area contributed by atoms with Crippen LogP contribution in [0.15, 0.2) is 24.3 Å². The number of hydrogen-bond donors (Lipinski definition) is 1. The summed E-state index contributed by atoms with van der Waals surface area (Å²) in [7, 11) is 0. The first-order valence-electron chi connectivity index (χ1n) is 5.90. The van der Waals surface area contributed by atoms with Gasteiger partial charge in [0, 0.05) is 5.56 Å². The second-order valence-electron chi connectivity index (χ2n) is 5.05. The van der Waals surface area contributed by atoms with E-state index in [4.69, 9.17) is 9.84 Å². The lowest BCUT2D eigenvalue weighted by molar-refractivity contribution is -0.133. The summed E-state index contributed by atoms with van der Waals surface area (Å²) in [6.07, 6.45) is 0.